The van der Waals surface area contributed by atoms with Crippen LogP contribution >= 0.6 is 11.8 Å². The van der Waals surface area contributed by atoms with Crippen LogP contribution in [-0.2, 0) is 20.9 Å². The van der Waals surface area contributed by atoms with Crippen LogP contribution in [0.15, 0.2) is 53.4 Å². The molecule has 8 nitrogen and oxygen atoms in total. The molecule has 2 aromatic carbocycles. The van der Waals surface area contributed by atoms with E-state index in [0.717, 1.165) is 29.5 Å². The molecule has 3 heterocycles. The molecule has 0 aromatic heterocycles. The van der Waals surface area contributed by atoms with Crippen LogP contribution in [0.4, 0.5) is 9.18 Å². The Morgan fingerprint density at radius 2 is 1.78 bits per heavy atom. The largest absolute Gasteiger partial charge is 0.368 e. The number of thioether (sulfide) groups is 1. The average Bonchev–Trinajstić information content (AvgIpc) is 3.53. The van der Waals surface area contributed by atoms with Crippen LogP contribution in [0.1, 0.15) is 34.3 Å². The molecule has 3 aliphatic heterocycles. The smallest absolute Gasteiger partial charge is 0.293 e. The quantitative estimate of drug-likeness (QED) is 0.558. The molecular formula is C27H26FN3O5S. The summed E-state index contributed by atoms with van der Waals surface area (Å²) in [6.07, 6.45) is 2.87. The molecule has 10 heteroatoms. The highest BCUT2D eigenvalue weighted by molar-refractivity contribution is 8.18. The minimum absolute atomic E-state index is 0.00191. The van der Waals surface area contributed by atoms with Gasteiger partial charge in [-0.2, -0.15) is 0 Å². The fourth-order valence-electron chi connectivity index (χ4n) is 4.66. The van der Waals surface area contributed by atoms with Gasteiger partial charge in [-0.25, -0.2) is 4.39 Å². The molecular weight excluding hydrogens is 497 g/mol. The second-order valence-corrected chi connectivity index (χ2v) is 10.1. The highest BCUT2D eigenvalue weighted by Crippen LogP contribution is 2.33. The Bertz CT molecular complexity index is 1270. The Balaban J connectivity index is 1.23. The molecule has 5 rings (SSSR count). The maximum atomic E-state index is 13.5. The second-order valence-electron chi connectivity index (χ2n) is 9.14. The zero-order valence-corrected chi connectivity index (χ0v) is 20.9. The molecule has 3 saturated heterocycles. The van der Waals surface area contributed by atoms with Gasteiger partial charge in [0, 0.05) is 38.3 Å². The van der Waals surface area contributed by atoms with E-state index in [2.05, 4.69) is 0 Å². The minimum atomic E-state index is -0.456. The lowest BCUT2D eigenvalue weighted by molar-refractivity contribution is -0.142. The van der Waals surface area contributed by atoms with Gasteiger partial charge >= 0.3 is 0 Å². The molecule has 0 N–H and O–H groups in total. The number of halogens is 1. The van der Waals surface area contributed by atoms with Gasteiger partial charge in [0.25, 0.3) is 23.0 Å². The van der Waals surface area contributed by atoms with E-state index in [-0.39, 0.29) is 29.4 Å². The van der Waals surface area contributed by atoms with Crippen molar-refractivity contribution in [1.82, 2.24) is 14.7 Å². The number of nitrogens with zero attached hydrogens (tertiary/aromatic N) is 3. The maximum Gasteiger partial charge on any atom is 0.293 e. The van der Waals surface area contributed by atoms with Crippen LogP contribution in [0.5, 0.6) is 0 Å². The fraction of sp³-hybridized carbons (Fsp3) is 0.333. The van der Waals surface area contributed by atoms with E-state index in [1.165, 1.54) is 18.2 Å². The molecule has 37 heavy (non-hydrogen) atoms. The van der Waals surface area contributed by atoms with Gasteiger partial charge in [0.15, 0.2) is 0 Å². The van der Waals surface area contributed by atoms with Crippen molar-refractivity contribution in [2.45, 2.75) is 25.5 Å². The van der Waals surface area contributed by atoms with Crippen molar-refractivity contribution in [2.24, 2.45) is 0 Å². The van der Waals surface area contributed by atoms with E-state index < -0.39 is 17.0 Å². The van der Waals surface area contributed by atoms with E-state index in [1.54, 1.807) is 46.2 Å². The molecule has 2 aromatic rings. The van der Waals surface area contributed by atoms with Gasteiger partial charge in [0.1, 0.15) is 11.9 Å². The predicted molar refractivity (Wildman–Crippen MR) is 136 cm³/mol. The molecule has 0 bridgehead atoms. The number of hydrogen-bond donors (Lipinski definition) is 0. The summed E-state index contributed by atoms with van der Waals surface area (Å²) >= 11 is 0.817. The van der Waals surface area contributed by atoms with Crippen molar-refractivity contribution in [3.05, 3.63) is 75.9 Å². The van der Waals surface area contributed by atoms with Gasteiger partial charge in [0.05, 0.1) is 11.4 Å². The van der Waals surface area contributed by atoms with Gasteiger partial charge in [-0.05, 0) is 66.1 Å². The van der Waals surface area contributed by atoms with Crippen molar-refractivity contribution in [3.8, 4) is 0 Å². The van der Waals surface area contributed by atoms with Gasteiger partial charge < -0.3 is 14.5 Å². The molecule has 0 aliphatic carbocycles. The monoisotopic (exact) mass is 523 g/mol. The Morgan fingerprint density at radius 3 is 2.51 bits per heavy atom. The average molecular weight is 524 g/mol. The van der Waals surface area contributed by atoms with Gasteiger partial charge in [-0.3, -0.25) is 24.1 Å². The van der Waals surface area contributed by atoms with Crippen LogP contribution in [0.25, 0.3) is 6.08 Å². The normalized spacial score (nSPS) is 21.3. The number of piperazine rings is 1. The summed E-state index contributed by atoms with van der Waals surface area (Å²) in [4.78, 5) is 55.8. The highest BCUT2D eigenvalue weighted by atomic mass is 32.2. The first-order valence-corrected chi connectivity index (χ1v) is 13.0. The van der Waals surface area contributed by atoms with Crippen molar-refractivity contribution < 1.29 is 28.3 Å². The topological polar surface area (TPSA) is 87.2 Å². The van der Waals surface area contributed by atoms with Crippen molar-refractivity contribution >= 4 is 40.8 Å². The summed E-state index contributed by atoms with van der Waals surface area (Å²) in [6, 6.07) is 12.7. The molecule has 0 radical (unpaired) electrons. The summed E-state index contributed by atoms with van der Waals surface area (Å²) in [5, 5.41) is -0.428. The summed E-state index contributed by atoms with van der Waals surface area (Å²) in [7, 11) is 0. The van der Waals surface area contributed by atoms with E-state index in [9.17, 15) is 23.6 Å². The third-order valence-electron chi connectivity index (χ3n) is 6.62. The minimum Gasteiger partial charge on any atom is -0.368 e. The van der Waals surface area contributed by atoms with Crippen LogP contribution in [0, 0.1) is 5.82 Å². The predicted octanol–water partition coefficient (Wildman–Crippen LogP) is 3.53. The molecule has 1 atom stereocenters. The van der Waals surface area contributed by atoms with E-state index in [0.29, 0.717) is 49.5 Å². The lowest BCUT2D eigenvalue weighted by Crippen LogP contribution is -2.52. The van der Waals surface area contributed by atoms with Crippen LogP contribution in [0.2, 0.25) is 0 Å². The first-order chi connectivity index (χ1) is 17.9. The van der Waals surface area contributed by atoms with Crippen LogP contribution in [0.3, 0.4) is 0 Å². The zero-order chi connectivity index (χ0) is 25.9. The Hall–Kier alpha value is -3.50. The molecule has 192 valence electrons. The number of amides is 4. The summed E-state index contributed by atoms with van der Waals surface area (Å²) < 4.78 is 19.0. The van der Waals surface area contributed by atoms with Crippen LogP contribution in [-0.4, -0.2) is 76.6 Å². The number of ether oxygens (including phenoxy) is 1. The summed E-state index contributed by atoms with van der Waals surface area (Å²) in [6.45, 7) is 2.39. The molecule has 1 unspecified atom stereocenters. The summed E-state index contributed by atoms with van der Waals surface area (Å²) in [5.41, 5.74) is 1.61. The van der Waals surface area contributed by atoms with E-state index >= 15 is 0 Å². The number of carbonyl (C=O) groups is 4. The summed E-state index contributed by atoms with van der Waals surface area (Å²) in [5.74, 6) is -1.04. The highest BCUT2D eigenvalue weighted by Gasteiger charge is 2.35. The molecule has 0 spiro atoms. The molecule has 3 aliphatic rings. The Labute approximate surface area is 218 Å². The lowest BCUT2D eigenvalue weighted by atomic mass is 10.1. The second kappa shape index (κ2) is 10.9. The third-order valence-corrected chi connectivity index (χ3v) is 7.53. The Morgan fingerprint density at radius 1 is 1.03 bits per heavy atom. The number of benzene rings is 2. The Kier molecular flexibility index (Phi) is 7.38. The zero-order valence-electron chi connectivity index (χ0n) is 20.1. The standard InChI is InChI=1S/C27H26FN3O5S/c28-21-7-2-5-19(15-21)17-31-26(34)23(37-27(31)35)16-18-4-1-6-20(14-18)24(32)29-9-11-30(12-10-29)25(33)22-8-3-13-36-22/h1-2,4-7,14-16,22H,3,8-13,17H2. The van der Waals surface area contributed by atoms with E-state index in [4.69, 9.17) is 4.74 Å². The van der Waals surface area contributed by atoms with Crippen molar-refractivity contribution in [3.63, 3.8) is 0 Å². The van der Waals surface area contributed by atoms with Crippen LogP contribution < -0.4 is 0 Å². The van der Waals surface area contributed by atoms with Gasteiger partial charge in [-0.1, -0.05) is 24.3 Å². The molecule has 4 amide bonds. The molecule has 3 fully saturated rings. The van der Waals surface area contributed by atoms with E-state index in [1.807, 2.05) is 0 Å². The number of hydrogen-bond acceptors (Lipinski definition) is 6. The van der Waals surface area contributed by atoms with Gasteiger partial charge in [0.2, 0.25) is 0 Å². The van der Waals surface area contributed by atoms with Crippen molar-refractivity contribution in [2.75, 3.05) is 32.8 Å². The van der Waals surface area contributed by atoms with Crippen molar-refractivity contribution in [1.29, 1.82) is 0 Å². The SMILES string of the molecule is O=C(c1cccc(C=C2SC(=O)N(Cc3cccc(F)c3)C2=O)c1)N1CCN(C(=O)C2CCCO2)CC1. The number of imide groups is 1. The fourth-order valence-corrected chi connectivity index (χ4v) is 5.49. The third kappa shape index (κ3) is 5.60. The molecule has 0 saturated carbocycles. The first-order valence-electron chi connectivity index (χ1n) is 12.2. The number of carbonyl (C=O) groups excluding carboxylic acids is 4. The maximum absolute atomic E-state index is 13.5. The van der Waals surface area contributed by atoms with Gasteiger partial charge in [-0.15, -0.1) is 0 Å². The first kappa shape index (κ1) is 25.2. The number of rotatable bonds is 5. The lowest BCUT2D eigenvalue weighted by Gasteiger charge is -2.35.